The molecule has 7 heteroatoms. The molecule has 124 valence electrons. The Kier molecular flexibility index (Phi) is 5.34. The van der Waals surface area contributed by atoms with E-state index in [0.717, 1.165) is 5.56 Å². The molecule has 1 unspecified atom stereocenters. The highest BCUT2D eigenvalue weighted by Gasteiger charge is 2.34. The van der Waals surface area contributed by atoms with Gasteiger partial charge in [-0.25, -0.2) is 8.42 Å². The number of thiocarbonyl (C=S) groups is 1. The molecule has 1 heterocycles. The lowest BCUT2D eigenvalue weighted by molar-refractivity contribution is 0.603. The summed E-state index contributed by atoms with van der Waals surface area (Å²) < 4.78 is 26.7. The van der Waals surface area contributed by atoms with Crippen molar-refractivity contribution in [1.82, 2.24) is 5.32 Å². The molecule has 0 amide bonds. The topological polar surface area (TPSA) is 46.2 Å². The van der Waals surface area contributed by atoms with Gasteiger partial charge in [0.1, 0.15) is 9.61 Å². The fourth-order valence-corrected chi connectivity index (χ4v) is 6.64. The van der Waals surface area contributed by atoms with E-state index in [1.54, 1.807) is 42.1 Å². The smallest absolute Gasteiger partial charge is 0.210 e. The van der Waals surface area contributed by atoms with Gasteiger partial charge in [0.2, 0.25) is 9.84 Å². The van der Waals surface area contributed by atoms with Crippen LogP contribution in [-0.2, 0) is 9.84 Å². The van der Waals surface area contributed by atoms with Crippen molar-refractivity contribution < 1.29 is 8.42 Å². The molecule has 0 radical (unpaired) electrons. The summed E-state index contributed by atoms with van der Waals surface area (Å²) in [7, 11) is -3.69. The molecule has 0 fully saturated rings. The molecule has 3 rings (SSSR count). The highest BCUT2D eigenvalue weighted by Crippen LogP contribution is 2.38. The van der Waals surface area contributed by atoms with Crippen LogP contribution in [0.2, 0.25) is 0 Å². The molecule has 1 aliphatic heterocycles. The molecule has 0 saturated heterocycles. The molecule has 2 aromatic rings. The lowest BCUT2D eigenvalue weighted by atomic mass is 10.1. The molecule has 0 spiro atoms. The van der Waals surface area contributed by atoms with Gasteiger partial charge in [-0.2, -0.15) is 0 Å². The highest BCUT2D eigenvalue weighted by molar-refractivity contribution is 8.32. The number of nitrogens with one attached hydrogen (secondary N) is 1. The maximum atomic E-state index is 13.2. The van der Waals surface area contributed by atoms with Crippen molar-refractivity contribution in [1.29, 1.82) is 0 Å². The molecule has 1 N–H and O–H groups in total. The first-order chi connectivity index (χ1) is 11.5. The first kappa shape index (κ1) is 17.5. The normalized spacial score (nSPS) is 18.4. The van der Waals surface area contributed by atoms with Crippen molar-refractivity contribution in [3.8, 4) is 0 Å². The van der Waals surface area contributed by atoms with Gasteiger partial charge < -0.3 is 5.32 Å². The van der Waals surface area contributed by atoms with Gasteiger partial charge in [-0.05, 0) is 24.0 Å². The second-order valence-corrected chi connectivity index (χ2v) is 9.91. The molecule has 2 aromatic carbocycles. The third kappa shape index (κ3) is 3.39. The van der Waals surface area contributed by atoms with E-state index in [9.17, 15) is 8.42 Å². The number of hydrogen-bond acceptors (Lipinski definition) is 6. The molecule has 24 heavy (non-hydrogen) atoms. The predicted molar refractivity (Wildman–Crippen MR) is 108 cm³/mol. The first-order valence-electron chi connectivity index (χ1n) is 7.14. The summed E-state index contributed by atoms with van der Waals surface area (Å²) in [6.07, 6.45) is 1.96. The van der Waals surface area contributed by atoms with Crippen LogP contribution in [0.1, 0.15) is 5.56 Å². The molecule has 1 aliphatic rings. The Morgan fingerprint density at radius 2 is 1.62 bits per heavy atom. The lowest BCUT2D eigenvalue weighted by Gasteiger charge is -2.28. The third-order valence-electron chi connectivity index (χ3n) is 3.49. The second-order valence-electron chi connectivity index (χ2n) is 5.00. The van der Waals surface area contributed by atoms with Crippen LogP contribution in [0.25, 0.3) is 5.70 Å². The van der Waals surface area contributed by atoms with Gasteiger partial charge in [0.15, 0.2) is 0 Å². The van der Waals surface area contributed by atoms with Gasteiger partial charge in [-0.3, -0.25) is 0 Å². The minimum atomic E-state index is -3.69. The van der Waals surface area contributed by atoms with Crippen molar-refractivity contribution in [2.24, 2.45) is 0 Å². The summed E-state index contributed by atoms with van der Waals surface area (Å²) in [5.41, 5.74) is 1.39. The number of thioether (sulfide) groups is 2. The van der Waals surface area contributed by atoms with E-state index in [2.05, 4.69) is 5.32 Å². The minimum Gasteiger partial charge on any atom is -0.363 e. The van der Waals surface area contributed by atoms with Crippen LogP contribution in [0.3, 0.4) is 0 Å². The van der Waals surface area contributed by atoms with Gasteiger partial charge in [-0.1, -0.05) is 72.5 Å². The van der Waals surface area contributed by atoms with Crippen LogP contribution < -0.4 is 5.32 Å². The monoisotopic (exact) mass is 393 g/mol. The molecular formula is C17H15NO2S4. The summed E-state index contributed by atoms with van der Waals surface area (Å²) in [6, 6.07) is 17.9. The number of benzene rings is 2. The Hall–Kier alpha value is -1.28. The van der Waals surface area contributed by atoms with Crippen LogP contribution in [0.5, 0.6) is 0 Å². The average molecular weight is 394 g/mol. The summed E-state index contributed by atoms with van der Waals surface area (Å²) in [5.74, 6) is 0. The maximum absolute atomic E-state index is 13.2. The van der Waals surface area contributed by atoms with E-state index >= 15 is 0 Å². The van der Waals surface area contributed by atoms with E-state index in [1.165, 1.54) is 11.8 Å². The van der Waals surface area contributed by atoms with Gasteiger partial charge in [0, 0.05) is 0 Å². The Morgan fingerprint density at radius 3 is 2.21 bits per heavy atom. The molecule has 0 aliphatic carbocycles. The maximum Gasteiger partial charge on any atom is 0.210 e. The fraction of sp³-hybridized carbons (Fsp3) is 0.118. The van der Waals surface area contributed by atoms with E-state index in [1.807, 2.05) is 36.6 Å². The van der Waals surface area contributed by atoms with Crippen molar-refractivity contribution in [3.05, 3.63) is 71.1 Å². The van der Waals surface area contributed by atoms with Crippen molar-refractivity contribution in [2.45, 2.75) is 9.60 Å². The van der Waals surface area contributed by atoms with Crippen LogP contribution in [0.4, 0.5) is 0 Å². The molecule has 1 atom stereocenters. The van der Waals surface area contributed by atoms with Gasteiger partial charge in [-0.15, -0.1) is 11.8 Å². The molecular weight excluding hydrogens is 378 g/mol. The Labute approximate surface area is 155 Å². The van der Waals surface area contributed by atoms with Crippen molar-refractivity contribution in [2.75, 3.05) is 6.26 Å². The lowest BCUT2D eigenvalue weighted by Crippen LogP contribution is -2.32. The van der Waals surface area contributed by atoms with Gasteiger partial charge >= 0.3 is 0 Å². The zero-order valence-electron chi connectivity index (χ0n) is 12.8. The minimum absolute atomic E-state index is 0.0116. The van der Waals surface area contributed by atoms with Crippen LogP contribution >= 0.6 is 35.7 Å². The van der Waals surface area contributed by atoms with Gasteiger partial charge in [0.05, 0.1) is 14.8 Å². The van der Waals surface area contributed by atoms with E-state index < -0.39 is 9.84 Å². The quantitative estimate of drug-likeness (QED) is 0.788. The fourth-order valence-electron chi connectivity index (χ4n) is 2.35. The third-order valence-corrected chi connectivity index (χ3v) is 8.24. The Bertz CT molecular complexity index is 877. The SMILES string of the molecule is CSC1NC(c2ccccc2)=C(S(=O)(=O)c2ccccc2)C(=S)S1. The Morgan fingerprint density at radius 1 is 1.04 bits per heavy atom. The summed E-state index contributed by atoms with van der Waals surface area (Å²) >= 11 is 8.42. The number of sulfone groups is 1. The zero-order chi connectivity index (χ0) is 17.2. The highest BCUT2D eigenvalue weighted by atomic mass is 32.2. The van der Waals surface area contributed by atoms with Crippen molar-refractivity contribution in [3.63, 3.8) is 0 Å². The predicted octanol–water partition coefficient (Wildman–Crippen LogP) is 4.14. The zero-order valence-corrected chi connectivity index (χ0v) is 16.1. The first-order valence-corrected chi connectivity index (χ1v) is 11.2. The van der Waals surface area contributed by atoms with Crippen LogP contribution in [0.15, 0.2) is 70.5 Å². The summed E-state index contributed by atoms with van der Waals surface area (Å²) in [5, 5.41) is 3.31. The van der Waals surface area contributed by atoms with E-state index in [4.69, 9.17) is 12.2 Å². The summed E-state index contributed by atoms with van der Waals surface area (Å²) in [6.45, 7) is 0. The van der Waals surface area contributed by atoms with Crippen molar-refractivity contribution >= 4 is 55.5 Å². The molecule has 0 saturated carbocycles. The number of hydrogen-bond donors (Lipinski definition) is 1. The molecule has 0 aromatic heterocycles. The summed E-state index contributed by atoms with van der Waals surface area (Å²) in [4.78, 5) is 0.436. The van der Waals surface area contributed by atoms with E-state index in [-0.39, 0.29) is 14.5 Å². The largest absolute Gasteiger partial charge is 0.363 e. The standard InChI is InChI=1S/C17H15NO2S4/c1-22-17-18-14(12-8-4-2-5-9-12)15(16(21)23-17)24(19,20)13-10-6-3-7-11-13/h2-11,17-18H,1H3. The second kappa shape index (κ2) is 7.31. The van der Waals surface area contributed by atoms with Crippen LogP contribution in [0, 0.1) is 0 Å². The molecule has 3 nitrogen and oxygen atoms in total. The van der Waals surface area contributed by atoms with Gasteiger partial charge in [0.25, 0.3) is 0 Å². The Balaban J connectivity index is 2.23. The molecule has 0 bridgehead atoms. The number of rotatable bonds is 4. The van der Waals surface area contributed by atoms with E-state index in [0.29, 0.717) is 9.89 Å². The van der Waals surface area contributed by atoms with Crippen LogP contribution in [-0.4, -0.2) is 23.6 Å². The average Bonchev–Trinajstić information content (AvgIpc) is 2.62.